The van der Waals surface area contributed by atoms with E-state index in [4.69, 9.17) is 10.5 Å². The minimum Gasteiger partial charge on any atom is -0.378 e. The van der Waals surface area contributed by atoms with Crippen LogP contribution in [0.3, 0.4) is 0 Å². The van der Waals surface area contributed by atoms with Gasteiger partial charge in [0.25, 0.3) is 0 Å². The summed E-state index contributed by atoms with van der Waals surface area (Å²) in [6.07, 6.45) is 3.67. The maximum atomic E-state index is 11.4. The number of nitrogens with two attached hydrogens (primary N) is 1. The fraction of sp³-hybridized carbons (Fsp3) is 1.00. The van der Waals surface area contributed by atoms with E-state index >= 15 is 0 Å². The van der Waals surface area contributed by atoms with E-state index in [1.165, 1.54) is 0 Å². The molecule has 1 unspecified atom stereocenters. The second-order valence-electron chi connectivity index (χ2n) is 4.72. The van der Waals surface area contributed by atoms with Gasteiger partial charge in [-0.2, -0.15) is 0 Å². The Bertz CT molecular complexity index is 306. The molecule has 0 aromatic rings. The molecular weight excluding hydrogens is 214 g/mol. The van der Waals surface area contributed by atoms with Gasteiger partial charge in [0.2, 0.25) is 0 Å². The summed E-state index contributed by atoms with van der Waals surface area (Å²) in [7, 11) is -2.80. The normalized spacial score (nSPS) is 34.1. The number of sulfone groups is 1. The van der Waals surface area contributed by atoms with Crippen LogP contribution in [0.1, 0.15) is 25.7 Å². The average molecular weight is 233 g/mol. The van der Waals surface area contributed by atoms with E-state index in [0.29, 0.717) is 19.4 Å². The van der Waals surface area contributed by atoms with Crippen LogP contribution in [0.4, 0.5) is 0 Å². The summed E-state index contributed by atoms with van der Waals surface area (Å²) in [5.74, 6) is 0.564. The Kier molecular flexibility index (Phi) is 3.05. The number of hydrogen-bond donors (Lipinski definition) is 1. The quantitative estimate of drug-likeness (QED) is 0.745. The van der Waals surface area contributed by atoms with Crippen LogP contribution in [0.25, 0.3) is 0 Å². The third-order valence-electron chi connectivity index (χ3n) is 3.84. The Hall–Kier alpha value is -0.130. The number of hydrogen-bond acceptors (Lipinski definition) is 4. The minimum atomic E-state index is -2.80. The van der Waals surface area contributed by atoms with Crippen LogP contribution in [0.5, 0.6) is 0 Å². The van der Waals surface area contributed by atoms with Crippen molar-refractivity contribution in [3.63, 3.8) is 0 Å². The lowest BCUT2D eigenvalue weighted by molar-refractivity contribution is -0.00274. The van der Waals surface area contributed by atoms with E-state index in [9.17, 15) is 8.42 Å². The molecule has 1 atom stereocenters. The molecule has 2 N–H and O–H groups in total. The van der Waals surface area contributed by atoms with Crippen molar-refractivity contribution in [2.75, 3.05) is 24.7 Å². The van der Waals surface area contributed by atoms with Crippen molar-refractivity contribution in [3.05, 3.63) is 0 Å². The summed E-state index contributed by atoms with van der Waals surface area (Å²) in [5.41, 5.74) is 5.76. The van der Waals surface area contributed by atoms with Crippen LogP contribution >= 0.6 is 0 Å². The maximum Gasteiger partial charge on any atom is 0.150 e. The van der Waals surface area contributed by atoms with E-state index in [2.05, 4.69) is 0 Å². The van der Waals surface area contributed by atoms with Crippen LogP contribution in [-0.4, -0.2) is 39.2 Å². The van der Waals surface area contributed by atoms with Gasteiger partial charge in [-0.15, -0.1) is 0 Å². The predicted molar refractivity (Wildman–Crippen MR) is 58.3 cm³/mol. The van der Waals surface area contributed by atoms with E-state index in [-0.39, 0.29) is 23.0 Å². The van der Waals surface area contributed by atoms with Crippen LogP contribution in [-0.2, 0) is 14.6 Å². The monoisotopic (exact) mass is 233 g/mol. The molecule has 2 heterocycles. The van der Waals surface area contributed by atoms with Crippen LogP contribution in [0, 0.1) is 5.41 Å². The molecule has 15 heavy (non-hydrogen) atoms. The summed E-state index contributed by atoms with van der Waals surface area (Å²) in [6.45, 7) is 1.35. The fourth-order valence-electron chi connectivity index (χ4n) is 2.66. The summed E-state index contributed by atoms with van der Waals surface area (Å²) in [6, 6.07) is 0. The Morgan fingerprint density at radius 3 is 2.47 bits per heavy atom. The first-order chi connectivity index (χ1) is 7.08. The summed E-state index contributed by atoms with van der Waals surface area (Å²) in [5, 5.41) is 0. The zero-order valence-corrected chi connectivity index (χ0v) is 9.76. The summed E-state index contributed by atoms with van der Waals surface area (Å²) < 4.78 is 28.5. The molecule has 0 aromatic carbocycles. The Balaban J connectivity index is 2.10. The van der Waals surface area contributed by atoms with Gasteiger partial charge in [-0.1, -0.05) is 0 Å². The van der Waals surface area contributed by atoms with E-state index in [0.717, 1.165) is 19.4 Å². The molecule has 0 amide bonds. The van der Waals surface area contributed by atoms with Crippen molar-refractivity contribution in [2.45, 2.75) is 31.8 Å². The van der Waals surface area contributed by atoms with Gasteiger partial charge >= 0.3 is 0 Å². The summed E-state index contributed by atoms with van der Waals surface area (Å²) in [4.78, 5) is 0. The van der Waals surface area contributed by atoms with Crippen molar-refractivity contribution in [1.82, 2.24) is 0 Å². The fourth-order valence-corrected chi connectivity index (χ4v) is 4.30. The maximum absolute atomic E-state index is 11.4. The van der Waals surface area contributed by atoms with E-state index < -0.39 is 9.84 Å². The first-order valence-corrected chi connectivity index (χ1v) is 7.42. The molecule has 88 valence electrons. The highest BCUT2D eigenvalue weighted by Crippen LogP contribution is 2.40. The Morgan fingerprint density at radius 2 is 2.00 bits per heavy atom. The lowest BCUT2D eigenvalue weighted by Gasteiger charge is -2.40. The molecule has 0 radical (unpaired) electrons. The lowest BCUT2D eigenvalue weighted by atomic mass is 9.76. The van der Waals surface area contributed by atoms with Gasteiger partial charge in [0, 0.05) is 18.6 Å². The minimum absolute atomic E-state index is 0.0676. The second-order valence-corrected chi connectivity index (χ2v) is 7.02. The third-order valence-corrected chi connectivity index (χ3v) is 5.49. The zero-order valence-electron chi connectivity index (χ0n) is 8.94. The van der Waals surface area contributed by atoms with Crippen molar-refractivity contribution in [2.24, 2.45) is 11.1 Å². The molecular formula is C10H19NO3S. The topological polar surface area (TPSA) is 69.4 Å². The molecule has 0 saturated carbocycles. The molecule has 2 rings (SSSR count). The zero-order chi connectivity index (χ0) is 10.9. The number of rotatable bonds is 2. The summed E-state index contributed by atoms with van der Waals surface area (Å²) >= 11 is 0. The molecule has 2 saturated heterocycles. The van der Waals surface area contributed by atoms with Gasteiger partial charge in [-0.25, -0.2) is 8.42 Å². The van der Waals surface area contributed by atoms with Crippen molar-refractivity contribution < 1.29 is 13.2 Å². The van der Waals surface area contributed by atoms with Crippen LogP contribution in [0.2, 0.25) is 0 Å². The van der Waals surface area contributed by atoms with Crippen molar-refractivity contribution in [1.29, 1.82) is 0 Å². The standard InChI is InChI=1S/C10H19NO3S/c11-8-10(9-2-1-5-14-9)3-6-15(12,13)7-4-10/h9H,1-8,11H2. The van der Waals surface area contributed by atoms with E-state index in [1.54, 1.807) is 0 Å². The van der Waals surface area contributed by atoms with Gasteiger partial charge < -0.3 is 10.5 Å². The SMILES string of the molecule is NCC1(C2CCCO2)CCS(=O)(=O)CC1. The van der Waals surface area contributed by atoms with Crippen LogP contribution < -0.4 is 5.73 Å². The Labute approximate surface area is 91.1 Å². The molecule has 0 bridgehead atoms. The average Bonchev–Trinajstić information content (AvgIpc) is 2.72. The largest absolute Gasteiger partial charge is 0.378 e. The molecule has 5 heteroatoms. The highest BCUT2D eigenvalue weighted by Gasteiger charge is 2.44. The molecule has 0 spiro atoms. The molecule has 2 aliphatic rings. The van der Waals surface area contributed by atoms with Gasteiger partial charge in [0.05, 0.1) is 17.6 Å². The highest BCUT2D eigenvalue weighted by molar-refractivity contribution is 7.91. The molecule has 2 aliphatic heterocycles. The first kappa shape index (κ1) is 11.4. The molecule has 2 fully saturated rings. The highest BCUT2D eigenvalue weighted by atomic mass is 32.2. The van der Waals surface area contributed by atoms with Gasteiger partial charge in [-0.3, -0.25) is 0 Å². The van der Waals surface area contributed by atoms with Crippen molar-refractivity contribution >= 4 is 9.84 Å². The smallest absolute Gasteiger partial charge is 0.150 e. The molecule has 0 aromatic heterocycles. The Morgan fingerprint density at radius 1 is 1.33 bits per heavy atom. The van der Waals surface area contributed by atoms with Gasteiger partial charge in [-0.05, 0) is 25.7 Å². The van der Waals surface area contributed by atoms with Gasteiger partial charge in [0.1, 0.15) is 9.84 Å². The van der Waals surface area contributed by atoms with Crippen LogP contribution in [0.15, 0.2) is 0 Å². The molecule has 4 nitrogen and oxygen atoms in total. The van der Waals surface area contributed by atoms with Crippen molar-refractivity contribution in [3.8, 4) is 0 Å². The lowest BCUT2D eigenvalue weighted by Crippen LogP contribution is -2.47. The first-order valence-electron chi connectivity index (χ1n) is 5.60. The van der Waals surface area contributed by atoms with Gasteiger partial charge in [0.15, 0.2) is 0 Å². The van der Waals surface area contributed by atoms with E-state index in [1.807, 2.05) is 0 Å². The molecule has 0 aliphatic carbocycles. The number of ether oxygens (including phenoxy) is 1. The third kappa shape index (κ3) is 2.19. The predicted octanol–water partition coefficient (Wildman–Crippen LogP) is 0.319. The second kappa shape index (κ2) is 4.03.